The van der Waals surface area contributed by atoms with Crippen LogP contribution in [0.5, 0.6) is 0 Å². The van der Waals surface area contributed by atoms with Crippen LogP contribution in [0.1, 0.15) is 40.5 Å². The van der Waals surface area contributed by atoms with Crippen molar-refractivity contribution >= 4 is 35.0 Å². The quantitative estimate of drug-likeness (QED) is 0.523. The van der Waals surface area contributed by atoms with Crippen molar-refractivity contribution in [3.63, 3.8) is 0 Å². The number of benzene rings is 2. The van der Waals surface area contributed by atoms with E-state index in [9.17, 15) is 19.8 Å². The number of aromatic carboxylic acids is 2. The fraction of sp³-hybridized carbons (Fsp3) is 0.222. The van der Waals surface area contributed by atoms with Crippen LogP contribution < -0.4 is 10.2 Å². The van der Waals surface area contributed by atoms with Crippen LogP contribution in [0.4, 0.5) is 0 Å². The van der Waals surface area contributed by atoms with Gasteiger partial charge >= 0.3 is 23.1 Å². The molecule has 0 aliphatic carbocycles. The molecule has 9 N–H and O–H groups in total. The van der Waals surface area contributed by atoms with Crippen LogP contribution in [0.25, 0.3) is 0 Å². The van der Waals surface area contributed by atoms with Gasteiger partial charge in [0.25, 0.3) is 0 Å². The van der Waals surface area contributed by atoms with Crippen LogP contribution in [-0.4, -0.2) is 68.6 Å². The molecule has 10 heteroatoms. The molecule has 28 heavy (non-hydrogen) atoms. The number of unbranched alkanes of at least 4 members (excludes halogenated alkanes) is 1. The van der Waals surface area contributed by atoms with E-state index in [1.54, 1.807) is 36.4 Å². The Labute approximate surface area is 180 Å². The van der Waals surface area contributed by atoms with Gasteiger partial charge < -0.3 is 46.8 Å². The minimum Gasteiger partial charge on any atom is -0.545 e. The van der Waals surface area contributed by atoms with Crippen molar-refractivity contribution < 1.29 is 46.8 Å². The topological polar surface area (TPSA) is 226 Å². The minimum atomic E-state index is -1.13. The Morgan fingerprint density at radius 3 is 1.14 bits per heavy atom. The molecule has 2 rings (SSSR count). The number of carbonyl (C=O) groups is 2. The van der Waals surface area contributed by atoms with E-state index >= 15 is 0 Å². The number of hydrogen-bond acceptors (Lipinski definition) is 5. The molecule has 0 unspecified atom stereocenters. The molecule has 9 nitrogen and oxygen atoms in total. The van der Waals surface area contributed by atoms with Crippen LogP contribution in [-0.2, 0) is 0 Å². The Balaban J connectivity index is -0.0000000617. The largest absolute Gasteiger partial charge is 2.00 e. The van der Waals surface area contributed by atoms with E-state index in [1.165, 1.54) is 24.3 Å². The second kappa shape index (κ2) is 27.2. The molecular weight excluding hydrogens is 384 g/mol. The first kappa shape index (κ1) is 40.6. The zero-order valence-electron chi connectivity index (χ0n) is 15.7. The van der Waals surface area contributed by atoms with Gasteiger partial charge in [0.2, 0.25) is 0 Å². The maximum atomic E-state index is 10.1. The normalized spacial score (nSPS) is 7.21. The average Bonchev–Trinajstić information content (AvgIpc) is 2.58. The summed E-state index contributed by atoms with van der Waals surface area (Å²) in [5.74, 6) is -2.26. The standard InChI is InChI=1S/2C7H6O2.C4H10O.Mg.4H2O/c2*8-7(9)6-4-2-1-3-5-6;1-2-3-4-5;;;;;/h2*1-5H,(H,8,9);5H,2-4H2,1H3;;4*1H2/q;;;+2;;;;/p-2. The molecule has 2 aromatic carbocycles. The van der Waals surface area contributed by atoms with Gasteiger partial charge in [-0.25, -0.2) is 0 Å². The second-order valence-corrected chi connectivity index (χ2v) is 4.38. The van der Waals surface area contributed by atoms with Crippen LogP contribution in [0.15, 0.2) is 60.7 Å². The van der Waals surface area contributed by atoms with Gasteiger partial charge in [0, 0.05) is 6.61 Å². The third-order valence-corrected chi connectivity index (χ3v) is 2.53. The van der Waals surface area contributed by atoms with E-state index in [2.05, 4.69) is 6.92 Å². The van der Waals surface area contributed by atoms with Crippen LogP contribution >= 0.6 is 0 Å². The number of rotatable bonds is 4. The molecule has 0 bridgehead atoms. The third-order valence-electron chi connectivity index (χ3n) is 2.53. The molecule has 0 atom stereocenters. The maximum Gasteiger partial charge on any atom is 2.00 e. The summed E-state index contributed by atoms with van der Waals surface area (Å²) in [5.41, 5.74) is 0.440. The molecule has 0 saturated heterocycles. The Morgan fingerprint density at radius 2 is 1.04 bits per heavy atom. The van der Waals surface area contributed by atoms with Gasteiger partial charge in [-0.05, 0) is 17.5 Å². The Morgan fingerprint density at radius 1 is 0.750 bits per heavy atom. The van der Waals surface area contributed by atoms with Crippen molar-refractivity contribution in [3.05, 3.63) is 71.8 Å². The van der Waals surface area contributed by atoms with E-state index in [-0.39, 0.29) is 56.1 Å². The Bertz CT molecular complexity index is 514. The number of carbonyl (C=O) groups excluding carboxylic acids is 2. The van der Waals surface area contributed by atoms with Gasteiger partial charge in [-0.2, -0.15) is 0 Å². The third kappa shape index (κ3) is 22.0. The average molecular weight is 413 g/mol. The van der Waals surface area contributed by atoms with Gasteiger partial charge in [0.05, 0.1) is 11.9 Å². The number of carboxylic acid groups (broad SMARTS) is 2. The van der Waals surface area contributed by atoms with Crippen molar-refractivity contribution in [1.82, 2.24) is 0 Å². The molecule has 156 valence electrons. The maximum absolute atomic E-state index is 10.1. The first-order chi connectivity index (χ1) is 11.0. The van der Waals surface area contributed by atoms with Gasteiger partial charge in [-0.1, -0.05) is 74.0 Å². The molecule has 2 aromatic rings. The molecule has 0 amide bonds. The molecular formula is C18H28MgO9. The van der Waals surface area contributed by atoms with Crippen molar-refractivity contribution in [1.29, 1.82) is 0 Å². The molecule has 0 fully saturated rings. The summed E-state index contributed by atoms with van der Waals surface area (Å²) in [4.78, 5) is 20.2. The summed E-state index contributed by atoms with van der Waals surface area (Å²) in [5, 5.41) is 28.2. The van der Waals surface area contributed by atoms with Crippen molar-refractivity contribution in [2.75, 3.05) is 6.61 Å². The van der Waals surface area contributed by atoms with E-state index in [4.69, 9.17) is 5.11 Å². The van der Waals surface area contributed by atoms with Crippen molar-refractivity contribution in [3.8, 4) is 0 Å². The first-order valence-electron chi connectivity index (χ1n) is 7.16. The van der Waals surface area contributed by atoms with E-state index in [1.807, 2.05) is 0 Å². The van der Waals surface area contributed by atoms with Gasteiger partial charge in [-0.15, -0.1) is 0 Å². The zero-order valence-corrected chi connectivity index (χ0v) is 17.1. The first-order valence-corrected chi connectivity index (χ1v) is 7.16. The summed E-state index contributed by atoms with van der Waals surface area (Å²) in [6.07, 6.45) is 2.04. The fourth-order valence-electron chi connectivity index (χ4n) is 1.31. The Kier molecular flexibility index (Phi) is 39.4. The Hall–Kier alpha value is -2.05. The summed E-state index contributed by atoms with van der Waals surface area (Å²) in [7, 11) is 0. The fourth-order valence-corrected chi connectivity index (χ4v) is 1.31. The molecule has 0 saturated carbocycles. The predicted octanol–water partition coefficient (Wildman–Crippen LogP) is -2.80. The van der Waals surface area contributed by atoms with E-state index in [0.29, 0.717) is 6.61 Å². The molecule has 0 aliphatic rings. The minimum absolute atomic E-state index is 0. The molecule has 0 aromatic heterocycles. The molecule has 0 heterocycles. The van der Waals surface area contributed by atoms with Crippen LogP contribution in [0.2, 0.25) is 0 Å². The van der Waals surface area contributed by atoms with Gasteiger partial charge in [-0.3, -0.25) is 0 Å². The van der Waals surface area contributed by atoms with E-state index < -0.39 is 11.9 Å². The van der Waals surface area contributed by atoms with Crippen molar-refractivity contribution in [2.24, 2.45) is 0 Å². The SMILES string of the molecule is CCCCO.O.O.O.O.O=C([O-])c1ccccc1.O=C([O-])c1ccccc1.[Mg+2]. The van der Waals surface area contributed by atoms with Crippen LogP contribution in [0, 0.1) is 0 Å². The summed E-state index contributed by atoms with van der Waals surface area (Å²) in [6, 6.07) is 16.1. The zero-order chi connectivity index (χ0) is 17.5. The van der Waals surface area contributed by atoms with Crippen molar-refractivity contribution in [2.45, 2.75) is 19.8 Å². The van der Waals surface area contributed by atoms with Gasteiger partial charge in [0.1, 0.15) is 0 Å². The monoisotopic (exact) mass is 412 g/mol. The molecule has 0 spiro atoms. The predicted molar refractivity (Wildman–Crippen MR) is 104 cm³/mol. The van der Waals surface area contributed by atoms with E-state index in [0.717, 1.165) is 12.8 Å². The summed E-state index contributed by atoms with van der Waals surface area (Å²) in [6.45, 7) is 2.40. The van der Waals surface area contributed by atoms with Crippen LogP contribution in [0.3, 0.4) is 0 Å². The number of aliphatic hydroxyl groups excluding tert-OH is 1. The smallest absolute Gasteiger partial charge is 0.545 e. The number of aliphatic hydroxyl groups is 1. The number of hydrogen-bond donors (Lipinski definition) is 1. The summed E-state index contributed by atoms with van der Waals surface area (Å²) < 4.78 is 0. The molecule has 0 aliphatic heterocycles. The molecule has 0 radical (unpaired) electrons. The second-order valence-electron chi connectivity index (χ2n) is 4.38. The summed E-state index contributed by atoms with van der Waals surface area (Å²) >= 11 is 0. The van der Waals surface area contributed by atoms with Gasteiger partial charge in [0.15, 0.2) is 0 Å². The number of carboxylic acids is 2.